The Labute approximate surface area is 167 Å². The minimum absolute atomic E-state index is 0. The first kappa shape index (κ1) is 25.0. The first-order valence-corrected chi connectivity index (χ1v) is 7.43. The summed E-state index contributed by atoms with van der Waals surface area (Å²) in [6.45, 7) is 3.90. The Morgan fingerprint density at radius 2 is 1.70 bits per heavy atom. The van der Waals surface area contributed by atoms with E-state index in [-0.39, 0.29) is 36.6 Å². The van der Waals surface area contributed by atoms with Gasteiger partial charge in [0, 0.05) is 29.9 Å². The molecule has 0 radical (unpaired) electrons. The lowest BCUT2D eigenvalue weighted by Gasteiger charge is -2.18. The number of aromatic nitrogens is 1. The Morgan fingerprint density at radius 3 is 2.15 bits per heavy atom. The molecule has 2 aromatic rings. The van der Waals surface area contributed by atoms with Gasteiger partial charge in [-0.1, -0.05) is 0 Å². The summed E-state index contributed by atoms with van der Waals surface area (Å²) in [7, 11) is 0. The zero-order valence-corrected chi connectivity index (χ0v) is 16.2. The summed E-state index contributed by atoms with van der Waals surface area (Å²) in [5.41, 5.74) is 4.84. The molecule has 0 aliphatic carbocycles. The number of ether oxygens (including phenoxy) is 1. The van der Waals surface area contributed by atoms with Gasteiger partial charge in [-0.3, -0.25) is 4.79 Å². The summed E-state index contributed by atoms with van der Waals surface area (Å²) in [4.78, 5) is 15.6. The van der Waals surface area contributed by atoms with Crippen molar-refractivity contribution in [2.45, 2.75) is 25.6 Å². The molecule has 10 heteroatoms. The molecule has 27 heavy (non-hydrogen) atoms. The molecule has 0 atom stereocenters. The van der Waals surface area contributed by atoms with Crippen molar-refractivity contribution >= 4 is 30.7 Å². The molecule has 0 unspecified atom stereocenters. The van der Waals surface area contributed by atoms with E-state index in [1.807, 2.05) is 0 Å². The molecule has 1 aromatic heterocycles. The van der Waals surface area contributed by atoms with Crippen LogP contribution in [0.25, 0.3) is 0 Å². The summed E-state index contributed by atoms with van der Waals surface area (Å²) in [6.07, 6.45) is -3.75. The first-order valence-electron chi connectivity index (χ1n) is 7.43. The Balaban J connectivity index is 0.00000338. The summed E-state index contributed by atoms with van der Waals surface area (Å²) in [5.74, 6) is 0.0933. The molecule has 0 saturated heterocycles. The van der Waals surface area contributed by atoms with Gasteiger partial charge in [0.2, 0.25) is 5.88 Å². The summed E-state index contributed by atoms with van der Waals surface area (Å²) in [6, 6.07) is 8.16. The van der Waals surface area contributed by atoms with Gasteiger partial charge in [0.05, 0.1) is 5.56 Å². The van der Waals surface area contributed by atoms with E-state index < -0.39 is 17.3 Å². The minimum atomic E-state index is -4.45. The largest absolute Gasteiger partial charge is 0.439 e. The van der Waals surface area contributed by atoms with E-state index in [0.29, 0.717) is 24.1 Å². The predicted octanol–water partition coefficient (Wildman–Crippen LogP) is 4.20. The fraction of sp³-hybridized carbons (Fsp3) is 0.294. The molecule has 3 N–H and O–H groups in total. The number of benzene rings is 1. The molecule has 2 rings (SSSR count). The van der Waals surface area contributed by atoms with Crippen LogP contribution in [0.4, 0.5) is 13.2 Å². The molecule has 0 spiro atoms. The lowest BCUT2D eigenvalue weighted by molar-refractivity contribution is -0.137. The first-order chi connectivity index (χ1) is 11.5. The van der Waals surface area contributed by atoms with Crippen LogP contribution in [0, 0.1) is 0 Å². The van der Waals surface area contributed by atoms with Crippen LogP contribution < -0.4 is 15.8 Å². The molecule has 1 amide bonds. The van der Waals surface area contributed by atoms with Gasteiger partial charge in [-0.15, -0.1) is 24.8 Å². The highest BCUT2D eigenvalue weighted by atomic mass is 35.5. The number of amides is 1. The average Bonchev–Trinajstić information content (AvgIpc) is 2.52. The number of nitrogens with two attached hydrogens (primary N) is 1. The van der Waals surface area contributed by atoms with E-state index in [1.54, 1.807) is 13.8 Å². The maximum absolute atomic E-state index is 12.5. The van der Waals surface area contributed by atoms with Gasteiger partial charge >= 0.3 is 6.18 Å². The molecule has 0 aliphatic heterocycles. The number of carbonyl (C=O) groups excluding carboxylic acids is 1. The van der Waals surface area contributed by atoms with E-state index in [9.17, 15) is 18.0 Å². The third-order valence-electron chi connectivity index (χ3n) is 3.11. The number of pyridine rings is 1. The van der Waals surface area contributed by atoms with Gasteiger partial charge in [-0.2, -0.15) is 13.2 Å². The predicted molar refractivity (Wildman–Crippen MR) is 101 cm³/mol. The highest BCUT2D eigenvalue weighted by Gasteiger charge is 2.30. The zero-order valence-electron chi connectivity index (χ0n) is 14.5. The van der Waals surface area contributed by atoms with Gasteiger partial charge in [0.1, 0.15) is 5.75 Å². The van der Waals surface area contributed by atoms with Gasteiger partial charge in [-0.05, 0) is 44.2 Å². The Hall–Kier alpha value is -2.03. The van der Waals surface area contributed by atoms with Crippen molar-refractivity contribution in [1.82, 2.24) is 10.3 Å². The summed E-state index contributed by atoms with van der Waals surface area (Å²) in [5, 5.41) is 2.70. The molecule has 1 aromatic carbocycles. The molecule has 0 bridgehead atoms. The van der Waals surface area contributed by atoms with E-state index in [2.05, 4.69) is 10.3 Å². The van der Waals surface area contributed by atoms with E-state index in [0.717, 1.165) is 12.1 Å². The average molecular weight is 426 g/mol. The normalized spacial score (nSPS) is 11.0. The lowest BCUT2D eigenvalue weighted by Crippen LogP contribution is -2.45. The topological polar surface area (TPSA) is 77.2 Å². The number of halogens is 5. The van der Waals surface area contributed by atoms with Crippen LogP contribution in [0.15, 0.2) is 42.6 Å². The van der Waals surface area contributed by atoms with Crippen LogP contribution in [0.3, 0.4) is 0 Å². The van der Waals surface area contributed by atoms with Crippen LogP contribution in [-0.4, -0.2) is 23.0 Å². The maximum atomic E-state index is 12.5. The van der Waals surface area contributed by atoms with Gasteiger partial charge < -0.3 is 15.8 Å². The molecule has 0 fully saturated rings. The molecular weight excluding hydrogens is 406 g/mol. The number of carbonyl (C=O) groups is 1. The zero-order chi connectivity index (χ0) is 18.7. The van der Waals surface area contributed by atoms with Gasteiger partial charge in [-0.25, -0.2) is 4.98 Å². The number of rotatable bonds is 5. The minimum Gasteiger partial charge on any atom is -0.439 e. The smallest absolute Gasteiger partial charge is 0.417 e. The monoisotopic (exact) mass is 425 g/mol. The Morgan fingerprint density at radius 1 is 1.11 bits per heavy atom. The van der Waals surface area contributed by atoms with Gasteiger partial charge in [0.15, 0.2) is 0 Å². The SMILES string of the molecule is CC(C)(N)CNC(=O)c1ccc(Oc2ccc(C(F)(F)F)cn2)cc1.Cl.Cl. The van der Waals surface area contributed by atoms with Crippen molar-refractivity contribution in [2.24, 2.45) is 5.73 Å². The van der Waals surface area contributed by atoms with Crippen molar-refractivity contribution in [3.63, 3.8) is 0 Å². The second-order valence-electron chi connectivity index (χ2n) is 6.18. The van der Waals surface area contributed by atoms with Crippen molar-refractivity contribution in [1.29, 1.82) is 0 Å². The molecule has 1 heterocycles. The van der Waals surface area contributed by atoms with E-state index in [4.69, 9.17) is 10.5 Å². The van der Waals surface area contributed by atoms with E-state index in [1.165, 1.54) is 24.3 Å². The number of nitrogens with one attached hydrogen (secondary N) is 1. The highest BCUT2D eigenvalue weighted by molar-refractivity contribution is 5.94. The number of alkyl halides is 3. The number of hydrogen-bond acceptors (Lipinski definition) is 4. The van der Waals surface area contributed by atoms with Crippen molar-refractivity contribution in [3.05, 3.63) is 53.7 Å². The fourth-order valence-corrected chi connectivity index (χ4v) is 1.81. The Kier molecular flexibility index (Phi) is 9.04. The summed E-state index contributed by atoms with van der Waals surface area (Å²) >= 11 is 0. The lowest BCUT2D eigenvalue weighted by atomic mass is 10.1. The standard InChI is InChI=1S/C17H18F3N3O2.2ClH/c1-16(2,21)10-23-15(24)11-3-6-13(7-4-11)25-14-8-5-12(9-22-14)17(18,19)20;;/h3-9H,10,21H2,1-2H3,(H,23,24);2*1H. The van der Waals surface area contributed by atoms with Gasteiger partial charge in [0.25, 0.3) is 5.91 Å². The molecule has 0 saturated carbocycles. The third kappa shape index (κ3) is 8.03. The highest BCUT2D eigenvalue weighted by Crippen LogP contribution is 2.30. The molecule has 5 nitrogen and oxygen atoms in total. The van der Waals surface area contributed by atoms with Crippen molar-refractivity contribution < 1.29 is 22.7 Å². The number of nitrogens with zero attached hydrogens (tertiary/aromatic N) is 1. The molecule has 150 valence electrons. The fourth-order valence-electron chi connectivity index (χ4n) is 1.81. The van der Waals surface area contributed by atoms with E-state index >= 15 is 0 Å². The van der Waals surface area contributed by atoms with Crippen molar-refractivity contribution in [3.8, 4) is 11.6 Å². The Bertz CT molecular complexity index is 731. The van der Waals surface area contributed by atoms with Crippen molar-refractivity contribution in [2.75, 3.05) is 6.54 Å². The van der Waals surface area contributed by atoms with Crippen LogP contribution in [0.5, 0.6) is 11.6 Å². The number of hydrogen-bond donors (Lipinski definition) is 2. The van der Waals surface area contributed by atoms with Crippen LogP contribution in [0.1, 0.15) is 29.8 Å². The second-order valence-corrected chi connectivity index (χ2v) is 6.18. The maximum Gasteiger partial charge on any atom is 0.417 e. The summed E-state index contributed by atoms with van der Waals surface area (Å²) < 4.78 is 42.8. The second kappa shape index (κ2) is 9.77. The molecular formula is C17H20Cl2F3N3O2. The third-order valence-corrected chi connectivity index (χ3v) is 3.11. The van der Waals surface area contributed by atoms with Crippen LogP contribution in [-0.2, 0) is 6.18 Å². The quantitative estimate of drug-likeness (QED) is 0.752. The van der Waals surface area contributed by atoms with Crippen LogP contribution >= 0.6 is 24.8 Å². The molecule has 0 aliphatic rings. The van der Waals surface area contributed by atoms with Crippen LogP contribution in [0.2, 0.25) is 0 Å².